The molecule has 82 valence electrons. The van der Waals surface area contributed by atoms with Crippen molar-refractivity contribution >= 4 is 5.96 Å². The molecule has 0 bridgehead atoms. The lowest BCUT2D eigenvalue weighted by atomic mass is 9.97. The highest BCUT2D eigenvalue weighted by atomic mass is 16.5. The number of rotatable bonds is 2. The van der Waals surface area contributed by atoms with Crippen molar-refractivity contribution in [1.29, 1.82) is 0 Å². The van der Waals surface area contributed by atoms with E-state index < -0.39 is 0 Å². The van der Waals surface area contributed by atoms with E-state index in [0.717, 1.165) is 19.0 Å². The fourth-order valence-corrected chi connectivity index (χ4v) is 1.49. The van der Waals surface area contributed by atoms with Gasteiger partial charge in [-0.1, -0.05) is 0 Å². The first-order valence-electron chi connectivity index (χ1n) is 4.85. The molecule has 5 nitrogen and oxygen atoms in total. The van der Waals surface area contributed by atoms with Crippen molar-refractivity contribution in [3.63, 3.8) is 0 Å². The molecule has 0 aromatic carbocycles. The van der Waals surface area contributed by atoms with Crippen LogP contribution in [0.25, 0.3) is 0 Å². The van der Waals surface area contributed by atoms with E-state index in [-0.39, 0.29) is 11.6 Å². The summed E-state index contributed by atoms with van der Waals surface area (Å²) < 4.78 is 5.34. The summed E-state index contributed by atoms with van der Waals surface area (Å²) in [6, 6.07) is 0.246. The van der Waals surface area contributed by atoms with Crippen molar-refractivity contribution in [3.8, 4) is 0 Å². The van der Waals surface area contributed by atoms with Crippen LogP contribution in [0.1, 0.15) is 20.8 Å². The minimum atomic E-state index is -0.0470. The van der Waals surface area contributed by atoms with Gasteiger partial charge in [-0.3, -0.25) is 5.43 Å². The number of methoxy groups -OCH3 is 1. The molecule has 0 atom stereocenters. The average Bonchev–Trinajstić information content (AvgIpc) is 2.09. The molecule has 1 fully saturated rings. The summed E-state index contributed by atoms with van der Waals surface area (Å²) in [5.74, 6) is 6.14. The molecule has 1 saturated heterocycles. The summed E-state index contributed by atoms with van der Waals surface area (Å²) in [7, 11) is 1.73. The van der Waals surface area contributed by atoms with Crippen LogP contribution in [-0.2, 0) is 4.74 Å². The van der Waals surface area contributed by atoms with Gasteiger partial charge in [0.15, 0.2) is 0 Å². The number of nitrogens with two attached hydrogens (primary N) is 1. The van der Waals surface area contributed by atoms with Gasteiger partial charge in [0.1, 0.15) is 5.60 Å². The standard InChI is InChI=1S/C9H20N4O/c1-7(2)11-8(12-10)13-5-9(3,6-13)14-4/h7H,5-6,10H2,1-4H3,(H,11,12). The minimum Gasteiger partial charge on any atom is -0.375 e. The quantitative estimate of drug-likeness (QED) is 0.283. The van der Waals surface area contributed by atoms with Crippen LogP contribution in [0.3, 0.4) is 0 Å². The van der Waals surface area contributed by atoms with Gasteiger partial charge in [-0.2, -0.15) is 0 Å². The van der Waals surface area contributed by atoms with Crippen molar-refractivity contribution in [2.24, 2.45) is 10.8 Å². The molecule has 0 aromatic heterocycles. The number of ether oxygens (including phenoxy) is 1. The van der Waals surface area contributed by atoms with Crippen molar-refractivity contribution in [1.82, 2.24) is 10.3 Å². The fraction of sp³-hybridized carbons (Fsp3) is 0.889. The normalized spacial score (nSPS) is 21.0. The first kappa shape index (κ1) is 11.3. The second kappa shape index (κ2) is 4.14. The number of hydrogen-bond donors (Lipinski definition) is 2. The summed E-state index contributed by atoms with van der Waals surface area (Å²) in [4.78, 5) is 6.44. The highest BCUT2D eigenvalue weighted by Gasteiger charge is 2.40. The third-order valence-electron chi connectivity index (χ3n) is 2.35. The fourth-order valence-electron chi connectivity index (χ4n) is 1.49. The van der Waals surface area contributed by atoms with Gasteiger partial charge in [-0.05, 0) is 20.8 Å². The third kappa shape index (κ3) is 2.36. The molecular weight excluding hydrogens is 180 g/mol. The molecule has 0 aliphatic carbocycles. The SMILES string of the molecule is COC1(C)CN(C(=NC(C)C)NN)C1. The zero-order valence-corrected chi connectivity index (χ0v) is 9.37. The van der Waals surface area contributed by atoms with Crippen molar-refractivity contribution in [2.75, 3.05) is 20.2 Å². The number of hydrazine groups is 1. The van der Waals surface area contributed by atoms with Gasteiger partial charge in [0.2, 0.25) is 5.96 Å². The molecule has 0 spiro atoms. The van der Waals surface area contributed by atoms with Gasteiger partial charge in [-0.25, -0.2) is 10.8 Å². The number of hydrogen-bond acceptors (Lipinski definition) is 3. The van der Waals surface area contributed by atoms with Gasteiger partial charge < -0.3 is 9.64 Å². The van der Waals surface area contributed by atoms with Crippen molar-refractivity contribution in [2.45, 2.75) is 32.4 Å². The highest BCUT2D eigenvalue weighted by molar-refractivity contribution is 5.80. The number of nitrogens with one attached hydrogen (secondary N) is 1. The third-order valence-corrected chi connectivity index (χ3v) is 2.35. The van der Waals surface area contributed by atoms with Crippen LogP contribution in [0.5, 0.6) is 0 Å². The largest absolute Gasteiger partial charge is 0.375 e. The predicted octanol–water partition coefficient (Wildman–Crippen LogP) is -0.0652. The number of guanidine groups is 1. The second-order valence-corrected chi connectivity index (χ2v) is 4.20. The lowest BCUT2D eigenvalue weighted by Crippen LogP contribution is -2.65. The molecule has 3 N–H and O–H groups in total. The zero-order chi connectivity index (χ0) is 10.8. The first-order valence-corrected chi connectivity index (χ1v) is 4.85. The van der Waals surface area contributed by atoms with E-state index in [0.29, 0.717) is 0 Å². The number of aliphatic imine (C=N–C) groups is 1. The molecule has 0 amide bonds. The second-order valence-electron chi connectivity index (χ2n) is 4.20. The first-order chi connectivity index (χ1) is 6.50. The molecule has 14 heavy (non-hydrogen) atoms. The van der Waals surface area contributed by atoms with Crippen LogP contribution in [0.15, 0.2) is 4.99 Å². The summed E-state index contributed by atoms with van der Waals surface area (Å²) in [6.45, 7) is 7.78. The highest BCUT2D eigenvalue weighted by Crippen LogP contribution is 2.23. The van der Waals surface area contributed by atoms with E-state index in [1.54, 1.807) is 7.11 Å². The van der Waals surface area contributed by atoms with Crippen LogP contribution in [0, 0.1) is 0 Å². The monoisotopic (exact) mass is 200 g/mol. The topological polar surface area (TPSA) is 62.9 Å². The molecule has 0 radical (unpaired) electrons. The Morgan fingerprint density at radius 2 is 2.14 bits per heavy atom. The number of likely N-dealkylation sites (tertiary alicyclic amines) is 1. The lowest BCUT2D eigenvalue weighted by molar-refractivity contribution is -0.0841. The Kier molecular flexibility index (Phi) is 3.34. The summed E-state index contributed by atoms with van der Waals surface area (Å²) in [5, 5.41) is 0. The molecule has 5 heteroatoms. The van der Waals surface area contributed by atoms with Crippen LogP contribution in [0.2, 0.25) is 0 Å². The Morgan fingerprint density at radius 1 is 1.57 bits per heavy atom. The molecule has 1 aliphatic heterocycles. The maximum atomic E-state index is 5.40. The molecular formula is C9H20N4O. The molecule has 1 rings (SSSR count). The maximum Gasteiger partial charge on any atom is 0.208 e. The Bertz CT molecular complexity index is 221. The van der Waals surface area contributed by atoms with Crippen LogP contribution in [0.4, 0.5) is 0 Å². The van der Waals surface area contributed by atoms with Crippen LogP contribution in [-0.4, -0.2) is 42.7 Å². The van der Waals surface area contributed by atoms with E-state index in [1.165, 1.54) is 0 Å². The Balaban J connectivity index is 2.52. The molecule has 1 heterocycles. The van der Waals surface area contributed by atoms with Crippen molar-refractivity contribution in [3.05, 3.63) is 0 Å². The van der Waals surface area contributed by atoms with Crippen molar-refractivity contribution < 1.29 is 4.74 Å². The maximum absolute atomic E-state index is 5.40. The van der Waals surface area contributed by atoms with E-state index in [1.807, 2.05) is 13.8 Å². The summed E-state index contributed by atoms with van der Waals surface area (Å²) in [6.07, 6.45) is 0. The lowest BCUT2D eigenvalue weighted by Gasteiger charge is -2.47. The average molecular weight is 200 g/mol. The summed E-state index contributed by atoms with van der Waals surface area (Å²) >= 11 is 0. The predicted molar refractivity (Wildman–Crippen MR) is 56.9 cm³/mol. The molecule has 0 aromatic rings. The van der Waals surface area contributed by atoms with E-state index in [4.69, 9.17) is 10.6 Å². The Hall–Kier alpha value is -0.810. The van der Waals surface area contributed by atoms with Gasteiger partial charge in [-0.15, -0.1) is 0 Å². The zero-order valence-electron chi connectivity index (χ0n) is 9.37. The Morgan fingerprint density at radius 3 is 2.50 bits per heavy atom. The van der Waals surface area contributed by atoms with Gasteiger partial charge >= 0.3 is 0 Å². The van der Waals surface area contributed by atoms with E-state index >= 15 is 0 Å². The van der Waals surface area contributed by atoms with E-state index in [9.17, 15) is 0 Å². The Labute approximate surface area is 85.3 Å². The van der Waals surface area contributed by atoms with Crippen LogP contribution < -0.4 is 11.3 Å². The van der Waals surface area contributed by atoms with Crippen LogP contribution >= 0.6 is 0 Å². The van der Waals surface area contributed by atoms with Gasteiger partial charge in [0, 0.05) is 13.2 Å². The minimum absolute atomic E-state index is 0.0470. The summed E-state index contributed by atoms with van der Waals surface area (Å²) in [5.41, 5.74) is 2.57. The van der Waals surface area contributed by atoms with Gasteiger partial charge in [0.25, 0.3) is 0 Å². The molecule has 1 aliphatic rings. The van der Waals surface area contributed by atoms with Gasteiger partial charge in [0.05, 0.1) is 13.1 Å². The smallest absolute Gasteiger partial charge is 0.208 e. The molecule has 0 saturated carbocycles. The number of nitrogens with zero attached hydrogens (tertiary/aromatic N) is 2. The molecule has 0 unspecified atom stereocenters. The van der Waals surface area contributed by atoms with E-state index in [2.05, 4.69) is 22.2 Å².